The molecule has 0 aliphatic carbocycles. The van der Waals surface area contributed by atoms with Crippen molar-refractivity contribution in [1.82, 2.24) is 5.32 Å². The van der Waals surface area contributed by atoms with Crippen LogP contribution in [0.4, 0.5) is 0 Å². The van der Waals surface area contributed by atoms with E-state index in [-0.39, 0.29) is 11.9 Å². The normalized spacial score (nSPS) is 12.9. The molecule has 1 amide bonds. The van der Waals surface area contributed by atoms with Crippen molar-refractivity contribution in [2.45, 2.75) is 39.3 Å². The van der Waals surface area contributed by atoms with Gasteiger partial charge in [-0.3, -0.25) is 4.79 Å². The average molecular weight is 250 g/mol. The molecule has 4 heteroatoms. The Morgan fingerprint density at radius 1 is 1.39 bits per heavy atom. The van der Waals surface area contributed by atoms with Crippen LogP contribution >= 0.6 is 0 Å². The van der Waals surface area contributed by atoms with Crippen LogP contribution in [0.3, 0.4) is 0 Å². The second-order valence-corrected chi connectivity index (χ2v) is 4.92. The molecular weight excluding hydrogens is 228 g/mol. The van der Waals surface area contributed by atoms with Crippen molar-refractivity contribution in [1.29, 1.82) is 0 Å². The molecule has 18 heavy (non-hydrogen) atoms. The lowest BCUT2D eigenvalue weighted by Gasteiger charge is -2.30. The topological polar surface area (TPSA) is 64.3 Å². The van der Waals surface area contributed by atoms with Crippen LogP contribution in [-0.4, -0.2) is 24.1 Å². The number of hydrogen-bond donors (Lipinski definition) is 2. The smallest absolute Gasteiger partial charge is 0.251 e. The van der Waals surface area contributed by atoms with E-state index in [0.29, 0.717) is 12.2 Å². The standard InChI is InChI=1S/C14H22N2O2/c1-5-18-12-8-6-11(7-9-12)13(17)16-14(3,4)10(2)15/h6-10H,5,15H2,1-4H3,(H,16,17). The minimum absolute atomic E-state index is 0.121. The molecule has 0 heterocycles. The maximum atomic E-state index is 12.0. The molecule has 1 aromatic carbocycles. The Morgan fingerprint density at radius 2 is 1.94 bits per heavy atom. The number of nitrogens with two attached hydrogens (primary N) is 1. The first kappa shape index (κ1) is 14.5. The molecule has 1 aromatic rings. The van der Waals surface area contributed by atoms with Gasteiger partial charge in [0, 0.05) is 17.1 Å². The third-order valence-corrected chi connectivity index (χ3v) is 3.00. The van der Waals surface area contributed by atoms with Crippen LogP contribution in [0.2, 0.25) is 0 Å². The lowest BCUT2D eigenvalue weighted by Crippen LogP contribution is -2.54. The minimum Gasteiger partial charge on any atom is -0.494 e. The number of carbonyl (C=O) groups is 1. The summed E-state index contributed by atoms with van der Waals surface area (Å²) in [5.74, 6) is 0.640. The molecule has 0 aromatic heterocycles. The number of benzene rings is 1. The fraction of sp³-hybridized carbons (Fsp3) is 0.500. The van der Waals surface area contributed by atoms with Gasteiger partial charge in [-0.1, -0.05) is 0 Å². The Labute approximate surface area is 109 Å². The molecule has 0 saturated carbocycles. The fourth-order valence-corrected chi connectivity index (χ4v) is 1.35. The van der Waals surface area contributed by atoms with Gasteiger partial charge in [0.2, 0.25) is 0 Å². The van der Waals surface area contributed by atoms with Gasteiger partial charge in [0.1, 0.15) is 5.75 Å². The van der Waals surface area contributed by atoms with Crippen molar-refractivity contribution >= 4 is 5.91 Å². The SMILES string of the molecule is CCOc1ccc(C(=O)NC(C)(C)C(C)N)cc1. The molecule has 1 rings (SSSR count). The van der Waals surface area contributed by atoms with E-state index in [0.717, 1.165) is 5.75 Å². The van der Waals surface area contributed by atoms with Crippen molar-refractivity contribution in [3.63, 3.8) is 0 Å². The van der Waals surface area contributed by atoms with Crippen LogP contribution < -0.4 is 15.8 Å². The number of rotatable bonds is 5. The zero-order valence-corrected chi connectivity index (χ0v) is 11.5. The van der Waals surface area contributed by atoms with Crippen LogP contribution in [0.1, 0.15) is 38.1 Å². The maximum Gasteiger partial charge on any atom is 0.251 e. The van der Waals surface area contributed by atoms with E-state index in [2.05, 4.69) is 5.32 Å². The lowest BCUT2D eigenvalue weighted by atomic mass is 9.96. The van der Waals surface area contributed by atoms with E-state index in [1.165, 1.54) is 0 Å². The summed E-state index contributed by atoms with van der Waals surface area (Å²) < 4.78 is 5.33. The molecule has 1 atom stereocenters. The highest BCUT2D eigenvalue weighted by Gasteiger charge is 2.25. The van der Waals surface area contributed by atoms with Gasteiger partial charge in [0.15, 0.2) is 0 Å². The summed E-state index contributed by atoms with van der Waals surface area (Å²) in [5.41, 5.74) is 5.99. The first-order valence-electron chi connectivity index (χ1n) is 6.17. The van der Waals surface area contributed by atoms with Crippen LogP contribution in [0, 0.1) is 0 Å². The van der Waals surface area contributed by atoms with Crippen molar-refractivity contribution in [2.24, 2.45) is 5.73 Å². The number of ether oxygens (including phenoxy) is 1. The third kappa shape index (κ3) is 3.74. The van der Waals surface area contributed by atoms with E-state index in [4.69, 9.17) is 10.5 Å². The molecule has 100 valence electrons. The highest BCUT2D eigenvalue weighted by Crippen LogP contribution is 2.14. The molecule has 0 bridgehead atoms. The number of carbonyl (C=O) groups excluding carboxylic acids is 1. The first-order chi connectivity index (χ1) is 8.36. The Morgan fingerprint density at radius 3 is 2.39 bits per heavy atom. The Kier molecular flexibility index (Phi) is 4.73. The van der Waals surface area contributed by atoms with Gasteiger partial charge in [0.05, 0.1) is 6.61 Å². The Bertz CT molecular complexity index is 397. The molecular formula is C14H22N2O2. The second-order valence-electron chi connectivity index (χ2n) is 4.92. The molecule has 0 radical (unpaired) electrons. The van der Waals surface area contributed by atoms with Gasteiger partial charge in [-0.15, -0.1) is 0 Å². The molecule has 1 unspecified atom stereocenters. The van der Waals surface area contributed by atoms with Crippen LogP contribution in [0.5, 0.6) is 5.75 Å². The third-order valence-electron chi connectivity index (χ3n) is 3.00. The van der Waals surface area contributed by atoms with Gasteiger partial charge >= 0.3 is 0 Å². The number of hydrogen-bond acceptors (Lipinski definition) is 3. The fourth-order valence-electron chi connectivity index (χ4n) is 1.35. The van der Waals surface area contributed by atoms with Crippen molar-refractivity contribution in [3.8, 4) is 5.75 Å². The summed E-state index contributed by atoms with van der Waals surface area (Å²) in [6.07, 6.45) is 0. The molecule has 4 nitrogen and oxygen atoms in total. The van der Waals surface area contributed by atoms with Crippen LogP contribution in [-0.2, 0) is 0 Å². The molecule has 0 spiro atoms. The zero-order valence-electron chi connectivity index (χ0n) is 11.5. The summed E-state index contributed by atoms with van der Waals surface area (Å²) in [4.78, 5) is 12.0. The zero-order chi connectivity index (χ0) is 13.8. The van der Waals surface area contributed by atoms with E-state index in [1.807, 2.05) is 27.7 Å². The maximum absolute atomic E-state index is 12.0. The van der Waals surface area contributed by atoms with Gasteiger partial charge in [-0.05, 0) is 52.0 Å². The lowest BCUT2D eigenvalue weighted by molar-refractivity contribution is 0.0903. The summed E-state index contributed by atoms with van der Waals surface area (Å²) in [7, 11) is 0. The molecule has 3 N–H and O–H groups in total. The van der Waals surface area contributed by atoms with E-state index >= 15 is 0 Å². The van der Waals surface area contributed by atoms with E-state index in [1.54, 1.807) is 24.3 Å². The van der Waals surface area contributed by atoms with Gasteiger partial charge in [-0.25, -0.2) is 0 Å². The Balaban J connectivity index is 2.73. The summed E-state index contributed by atoms with van der Waals surface area (Å²) >= 11 is 0. The van der Waals surface area contributed by atoms with Crippen LogP contribution in [0.15, 0.2) is 24.3 Å². The summed E-state index contributed by atoms with van der Waals surface area (Å²) in [6.45, 7) is 8.22. The largest absolute Gasteiger partial charge is 0.494 e. The summed E-state index contributed by atoms with van der Waals surface area (Å²) in [5, 5.41) is 2.92. The van der Waals surface area contributed by atoms with Gasteiger partial charge in [0.25, 0.3) is 5.91 Å². The van der Waals surface area contributed by atoms with Crippen molar-refractivity contribution < 1.29 is 9.53 Å². The second kappa shape index (κ2) is 5.87. The molecule has 0 saturated heterocycles. The molecule has 0 aliphatic rings. The van der Waals surface area contributed by atoms with Gasteiger partial charge < -0.3 is 15.8 Å². The minimum atomic E-state index is -0.435. The van der Waals surface area contributed by atoms with E-state index < -0.39 is 5.54 Å². The van der Waals surface area contributed by atoms with Crippen LogP contribution in [0.25, 0.3) is 0 Å². The average Bonchev–Trinajstić information content (AvgIpc) is 2.29. The predicted octanol–water partition coefficient (Wildman–Crippen LogP) is 1.94. The van der Waals surface area contributed by atoms with Crippen molar-refractivity contribution in [3.05, 3.63) is 29.8 Å². The molecule has 0 fully saturated rings. The number of nitrogens with one attached hydrogen (secondary N) is 1. The highest BCUT2D eigenvalue weighted by molar-refractivity contribution is 5.94. The van der Waals surface area contributed by atoms with E-state index in [9.17, 15) is 4.79 Å². The number of amides is 1. The first-order valence-corrected chi connectivity index (χ1v) is 6.17. The molecule has 0 aliphatic heterocycles. The highest BCUT2D eigenvalue weighted by atomic mass is 16.5. The predicted molar refractivity (Wildman–Crippen MR) is 72.8 cm³/mol. The van der Waals surface area contributed by atoms with Gasteiger partial charge in [-0.2, -0.15) is 0 Å². The summed E-state index contributed by atoms with van der Waals surface area (Å²) in [6, 6.07) is 6.95. The van der Waals surface area contributed by atoms with Crippen molar-refractivity contribution in [2.75, 3.05) is 6.61 Å². The Hall–Kier alpha value is -1.55. The monoisotopic (exact) mass is 250 g/mol. The quantitative estimate of drug-likeness (QED) is 0.839.